The van der Waals surface area contributed by atoms with Crippen molar-refractivity contribution in [2.75, 3.05) is 20.3 Å². The molecule has 0 fully saturated rings. The first-order valence-electron chi connectivity index (χ1n) is 5.90. The van der Waals surface area contributed by atoms with Gasteiger partial charge in [-0.15, -0.1) is 0 Å². The lowest BCUT2D eigenvalue weighted by molar-refractivity contribution is -0.165. The number of carbonyl (C=O) groups excluding carboxylic acids is 1. The lowest BCUT2D eigenvalue weighted by Gasteiger charge is -2.15. The summed E-state index contributed by atoms with van der Waals surface area (Å²) in [5.41, 5.74) is 0. The van der Waals surface area contributed by atoms with Gasteiger partial charge in [-0.05, 0) is 12.3 Å². The van der Waals surface area contributed by atoms with E-state index in [0.717, 1.165) is 12.8 Å². The van der Waals surface area contributed by atoms with E-state index in [1.807, 2.05) is 13.8 Å². The molecule has 0 N–H and O–H groups in total. The quantitative estimate of drug-likeness (QED) is 0.348. The van der Waals surface area contributed by atoms with Crippen LogP contribution in [0.2, 0.25) is 0 Å². The van der Waals surface area contributed by atoms with Gasteiger partial charge in [-0.1, -0.05) is 27.2 Å². The molecule has 16 heavy (non-hydrogen) atoms. The molecule has 0 heterocycles. The molecule has 0 radical (unpaired) electrons. The van der Waals surface area contributed by atoms with Crippen LogP contribution in [0.15, 0.2) is 0 Å². The molecule has 0 aromatic carbocycles. The van der Waals surface area contributed by atoms with Crippen molar-refractivity contribution in [2.45, 2.75) is 46.3 Å². The van der Waals surface area contributed by atoms with E-state index in [1.165, 1.54) is 7.11 Å². The Hall–Kier alpha value is -0.610. The highest BCUT2D eigenvalue weighted by molar-refractivity contribution is 5.69. The minimum absolute atomic E-state index is 0.160. The number of rotatable bonds is 9. The van der Waals surface area contributed by atoms with Gasteiger partial charge in [-0.25, -0.2) is 0 Å². The van der Waals surface area contributed by atoms with Crippen molar-refractivity contribution in [1.82, 2.24) is 0 Å². The third-order valence-corrected chi connectivity index (χ3v) is 1.98. The molecule has 4 heteroatoms. The molecule has 4 nitrogen and oxygen atoms in total. The minimum Gasteiger partial charge on any atom is -0.465 e. The molecule has 0 aliphatic heterocycles. The second-order valence-electron chi connectivity index (χ2n) is 4.17. The van der Waals surface area contributed by atoms with Crippen molar-refractivity contribution in [3.8, 4) is 0 Å². The Morgan fingerprint density at radius 2 is 2.00 bits per heavy atom. The second-order valence-corrected chi connectivity index (χ2v) is 4.17. The number of unbranched alkanes of at least 4 members (excludes halogenated alkanes) is 1. The van der Waals surface area contributed by atoms with Gasteiger partial charge >= 0.3 is 5.97 Å². The molecule has 0 saturated carbocycles. The highest BCUT2D eigenvalue weighted by atomic mass is 16.7. The monoisotopic (exact) mass is 232 g/mol. The van der Waals surface area contributed by atoms with Crippen LogP contribution in [0.1, 0.15) is 40.0 Å². The molecule has 0 aliphatic carbocycles. The highest BCUT2D eigenvalue weighted by Crippen LogP contribution is 2.04. The van der Waals surface area contributed by atoms with Crippen LogP contribution < -0.4 is 0 Å². The van der Waals surface area contributed by atoms with Gasteiger partial charge in [0, 0.05) is 13.7 Å². The van der Waals surface area contributed by atoms with Gasteiger partial charge in [0.15, 0.2) is 6.29 Å². The zero-order valence-electron chi connectivity index (χ0n) is 10.8. The van der Waals surface area contributed by atoms with Crippen molar-refractivity contribution in [2.24, 2.45) is 5.92 Å². The van der Waals surface area contributed by atoms with E-state index in [2.05, 4.69) is 6.92 Å². The molecular formula is C12H24O4. The Bertz CT molecular complexity index is 180. The summed E-state index contributed by atoms with van der Waals surface area (Å²) in [4.78, 5) is 11.4. The van der Waals surface area contributed by atoms with Crippen LogP contribution >= 0.6 is 0 Å². The van der Waals surface area contributed by atoms with Crippen LogP contribution in [-0.2, 0) is 19.0 Å². The van der Waals surface area contributed by atoms with Crippen molar-refractivity contribution in [3.05, 3.63) is 0 Å². The van der Waals surface area contributed by atoms with E-state index < -0.39 is 6.29 Å². The van der Waals surface area contributed by atoms with Crippen LogP contribution in [0.3, 0.4) is 0 Å². The predicted octanol–water partition coefficient (Wildman–Crippen LogP) is 2.36. The summed E-state index contributed by atoms with van der Waals surface area (Å²) in [6.45, 7) is 7.15. The first-order chi connectivity index (χ1) is 7.60. The molecule has 0 amide bonds. The third-order valence-electron chi connectivity index (χ3n) is 1.98. The number of methoxy groups -OCH3 is 1. The lowest BCUT2D eigenvalue weighted by Crippen LogP contribution is -2.22. The van der Waals surface area contributed by atoms with Crippen LogP contribution in [0.25, 0.3) is 0 Å². The van der Waals surface area contributed by atoms with Crippen molar-refractivity contribution in [3.63, 3.8) is 0 Å². The molecule has 1 unspecified atom stereocenters. The SMILES string of the molecule is CCCCOC(CC(=O)OCC(C)C)OC. The molecule has 0 rings (SSSR count). The number of ether oxygens (including phenoxy) is 3. The summed E-state index contributed by atoms with van der Waals surface area (Å²) in [5.74, 6) is 0.0861. The van der Waals surface area contributed by atoms with Gasteiger partial charge < -0.3 is 14.2 Å². The van der Waals surface area contributed by atoms with Gasteiger partial charge in [0.1, 0.15) is 0 Å². The van der Waals surface area contributed by atoms with Gasteiger partial charge in [0.25, 0.3) is 0 Å². The van der Waals surface area contributed by atoms with E-state index in [0.29, 0.717) is 19.1 Å². The maximum atomic E-state index is 11.4. The van der Waals surface area contributed by atoms with Crippen molar-refractivity contribution in [1.29, 1.82) is 0 Å². The third kappa shape index (κ3) is 8.68. The average Bonchev–Trinajstić information content (AvgIpc) is 2.25. The fourth-order valence-corrected chi connectivity index (χ4v) is 1.02. The molecule has 1 atom stereocenters. The first kappa shape index (κ1) is 15.4. The molecule has 0 aliphatic rings. The largest absolute Gasteiger partial charge is 0.465 e. The summed E-state index contributed by atoms with van der Waals surface area (Å²) >= 11 is 0. The smallest absolute Gasteiger partial charge is 0.310 e. The first-order valence-corrected chi connectivity index (χ1v) is 5.90. The number of esters is 1. The maximum Gasteiger partial charge on any atom is 0.310 e. The Kier molecular flexibility index (Phi) is 9.24. The van der Waals surface area contributed by atoms with Crippen LogP contribution in [-0.4, -0.2) is 32.6 Å². The van der Waals surface area contributed by atoms with Gasteiger partial charge in [-0.3, -0.25) is 4.79 Å². The summed E-state index contributed by atoms with van der Waals surface area (Å²) in [5, 5.41) is 0. The van der Waals surface area contributed by atoms with Crippen LogP contribution in [0, 0.1) is 5.92 Å². The van der Waals surface area contributed by atoms with Crippen molar-refractivity contribution >= 4 is 5.97 Å². The Morgan fingerprint density at radius 3 is 2.50 bits per heavy atom. The Morgan fingerprint density at radius 1 is 1.31 bits per heavy atom. The van der Waals surface area contributed by atoms with E-state index in [4.69, 9.17) is 14.2 Å². The topological polar surface area (TPSA) is 44.8 Å². The molecule has 96 valence electrons. The Balaban J connectivity index is 3.70. The standard InChI is InChI=1S/C12H24O4/c1-5-6-7-15-12(14-4)8-11(13)16-9-10(2)3/h10,12H,5-9H2,1-4H3. The number of hydrogen-bond acceptors (Lipinski definition) is 4. The summed E-state index contributed by atoms with van der Waals surface area (Å²) in [6, 6.07) is 0. The predicted molar refractivity (Wildman–Crippen MR) is 62.1 cm³/mol. The molecule has 0 aromatic heterocycles. The molecule has 0 saturated heterocycles. The van der Waals surface area contributed by atoms with E-state index in [1.54, 1.807) is 0 Å². The average molecular weight is 232 g/mol. The van der Waals surface area contributed by atoms with Crippen LogP contribution in [0.4, 0.5) is 0 Å². The maximum absolute atomic E-state index is 11.4. The zero-order chi connectivity index (χ0) is 12.4. The lowest BCUT2D eigenvalue weighted by atomic mass is 10.2. The number of carbonyl (C=O) groups is 1. The van der Waals surface area contributed by atoms with Crippen LogP contribution in [0.5, 0.6) is 0 Å². The molecule has 0 bridgehead atoms. The number of hydrogen-bond donors (Lipinski definition) is 0. The van der Waals surface area contributed by atoms with E-state index >= 15 is 0 Å². The zero-order valence-corrected chi connectivity index (χ0v) is 10.8. The summed E-state index contributed by atoms with van der Waals surface area (Å²) in [6.07, 6.45) is 1.72. The molecule has 0 aromatic rings. The molecule has 0 spiro atoms. The molecular weight excluding hydrogens is 208 g/mol. The van der Waals surface area contributed by atoms with E-state index in [9.17, 15) is 4.79 Å². The highest BCUT2D eigenvalue weighted by Gasteiger charge is 2.14. The summed E-state index contributed by atoms with van der Waals surface area (Å²) in [7, 11) is 1.53. The summed E-state index contributed by atoms with van der Waals surface area (Å²) < 4.78 is 15.5. The normalized spacial score (nSPS) is 12.8. The fraction of sp³-hybridized carbons (Fsp3) is 0.917. The second kappa shape index (κ2) is 9.60. The van der Waals surface area contributed by atoms with Gasteiger partial charge in [-0.2, -0.15) is 0 Å². The minimum atomic E-state index is -0.480. The van der Waals surface area contributed by atoms with Gasteiger partial charge in [0.2, 0.25) is 0 Å². The Labute approximate surface area is 98.3 Å². The van der Waals surface area contributed by atoms with E-state index in [-0.39, 0.29) is 12.4 Å². The van der Waals surface area contributed by atoms with Crippen molar-refractivity contribution < 1.29 is 19.0 Å². The fourth-order valence-electron chi connectivity index (χ4n) is 1.02. The van der Waals surface area contributed by atoms with Gasteiger partial charge in [0.05, 0.1) is 13.0 Å².